The number of fused-ring (bicyclic) bond motifs is 6. The highest BCUT2D eigenvalue weighted by Gasteiger charge is 2.58. The molecule has 0 unspecified atom stereocenters. The van der Waals surface area contributed by atoms with E-state index in [2.05, 4.69) is 33.7 Å². The number of rotatable bonds is 12. The molecule has 0 bridgehead atoms. The molecule has 8 atom stereocenters. The predicted molar refractivity (Wildman–Crippen MR) is 277 cm³/mol. The molecule has 10 rings (SSSR count). The van der Waals surface area contributed by atoms with Crippen LogP contribution in [0.3, 0.4) is 0 Å². The molecule has 72 heavy (non-hydrogen) atoms. The van der Waals surface area contributed by atoms with E-state index in [4.69, 9.17) is 9.47 Å². The molecular formula is C56H72N8O8. The smallest absolute Gasteiger partial charge is 0.258 e. The van der Waals surface area contributed by atoms with Crippen LogP contribution in [0.1, 0.15) is 59.6 Å². The summed E-state index contributed by atoms with van der Waals surface area (Å²) in [5, 5.41) is 21.2. The molecule has 16 nitrogen and oxygen atoms in total. The fraction of sp³-hybridized carbons (Fsp3) is 0.500. The van der Waals surface area contributed by atoms with Gasteiger partial charge in [-0.1, -0.05) is 60.7 Å². The van der Waals surface area contributed by atoms with E-state index in [1.165, 1.54) is 0 Å². The first-order valence-electron chi connectivity index (χ1n) is 25.6. The summed E-state index contributed by atoms with van der Waals surface area (Å²) in [4.78, 5) is 67.4. The maximum absolute atomic E-state index is 14.0. The average molecular weight is 985 g/mol. The second kappa shape index (κ2) is 22.1. The fourth-order valence-corrected chi connectivity index (χ4v) is 12.7. The maximum Gasteiger partial charge on any atom is 0.258 e. The second-order valence-electron chi connectivity index (χ2n) is 20.3. The first kappa shape index (κ1) is 51.0. The van der Waals surface area contributed by atoms with Gasteiger partial charge in [0.25, 0.3) is 11.1 Å². The monoisotopic (exact) mass is 985 g/mol. The summed E-state index contributed by atoms with van der Waals surface area (Å²) in [5.41, 5.74) is 5.08. The SMILES string of the molecule is C/C=C/c1ccc2n(c1=O)C[C@@H]1[C@@H](CO)[C@H](C(=O)N3CCN(C)CC3)N(Cc3ccccc3OC)[C@H]21.C/C=C\c1ccc2n(c1=O)C[C@@H]1[C@@H](CO)[C@H](C(=O)N3CCN(C)CC3)N(Cc3ccccc3OC)[C@H]21. The molecule has 6 aliphatic rings. The van der Waals surface area contributed by atoms with Crippen molar-refractivity contribution in [2.24, 2.45) is 23.7 Å². The zero-order chi connectivity index (χ0) is 50.8. The van der Waals surface area contributed by atoms with Gasteiger partial charge in [-0.15, -0.1) is 0 Å². The summed E-state index contributed by atoms with van der Waals surface area (Å²) in [7, 11) is 7.45. The van der Waals surface area contributed by atoms with Gasteiger partial charge >= 0.3 is 0 Å². The Bertz CT molecular complexity index is 2590. The van der Waals surface area contributed by atoms with Crippen molar-refractivity contribution in [3.05, 3.63) is 139 Å². The molecule has 384 valence electrons. The Morgan fingerprint density at radius 3 is 1.29 bits per heavy atom. The van der Waals surface area contributed by atoms with Gasteiger partial charge in [-0.2, -0.15) is 0 Å². The zero-order valence-corrected chi connectivity index (χ0v) is 42.7. The van der Waals surface area contributed by atoms with E-state index in [0.29, 0.717) is 63.5 Å². The summed E-state index contributed by atoms with van der Waals surface area (Å²) in [5.74, 6) is 1.11. The Kier molecular flexibility index (Phi) is 15.7. The number of piperazine rings is 2. The molecule has 0 aliphatic carbocycles. The molecule has 8 heterocycles. The minimum atomic E-state index is -0.461. The number of amides is 2. The number of carbonyl (C=O) groups excluding carboxylic acids is 2. The van der Waals surface area contributed by atoms with Crippen LogP contribution in [0.15, 0.2) is 94.5 Å². The quantitative estimate of drug-likeness (QED) is 0.213. The number of hydrogen-bond donors (Lipinski definition) is 2. The van der Waals surface area contributed by atoms with Gasteiger partial charge in [0.2, 0.25) is 11.8 Å². The van der Waals surface area contributed by atoms with Crippen molar-refractivity contribution in [3.63, 3.8) is 0 Å². The highest BCUT2D eigenvalue weighted by atomic mass is 16.5. The first-order valence-corrected chi connectivity index (χ1v) is 25.6. The van der Waals surface area contributed by atoms with Crippen molar-refractivity contribution >= 4 is 24.0 Å². The number of pyridine rings is 2. The lowest BCUT2D eigenvalue weighted by Gasteiger charge is -2.38. The van der Waals surface area contributed by atoms with E-state index in [9.17, 15) is 29.4 Å². The van der Waals surface area contributed by atoms with Crippen LogP contribution < -0.4 is 20.6 Å². The van der Waals surface area contributed by atoms with Crippen molar-refractivity contribution in [1.29, 1.82) is 0 Å². The van der Waals surface area contributed by atoms with Crippen LogP contribution in [-0.4, -0.2) is 167 Å². The van der Waals surface area contributed by atoms with E-state index < -0.39 is 12.1 Å². The van der Waals surface area contributed by atoms with E-state index in [-0.39, 0.29) is 71.9 Å². The van der Waals surface area contributed by atoms with Gasteiger partial charge in [-0.3, -0.25) is 29.0 Å². The number of methoxy groups -OCH3 is 2. The molecule has 16 heteroatoms. The second-order valence-corrected chi connectivity index (χ2v) is 20.3. The number of aliphatic hydroxyl groups is 2. The lowest BCUT2D eigenvalue weighted by atomic mass is 9.88. The van der Waals surface area contributed by atoms with Crippen LogP contribution in [0.4, 0.5) is 0 Å². The number of aromatic nitrogens is 2. The lowest BCUT2D eigenvalue weighted by molar-refractivity contribution is -0.141. The van der Waals surface area contributed by atoms with Crippen LogP contribution in [0, 0.1) is 23.7 Å². The molecule has 0 radical (unpaired) electrons. The number of para-hydroxylation sites is 2. The number of carbonyl (C=O) groups is 2. The molecule has 4 aromatic rings. The summed E-state index contributed by atoms with van der Waals surface area (Å²) < 4.78 is 15.0. The minimum absolute atomic E-state index is 0.0177. The van der Waals surface area contributed by atoms with Gasteiger partial charge in [0.1, 0.15) is 11.5 Å². The third-order valence-electron chi connectivity index (χ3n) is 16.4. The van der Waals surface area contributed by atoms with Crippen molar-refractivity contribution in [2.75, 3.05) is 93.9 Å². The Hall–Kier alpha value is -5.88. The van der Waals surface area contributed by atoms with Gasteiger partial charge in [0.15, 0.2) is 0 Å². The number of likely N-dealkylation sites (tertiary alicyclic amines) is 2. The van der Waals surface area contributed by atoms with Gasteiger partial charge in [-0.25, -0.2) is 0 Å². The molecule has 6 aliphatic heterocycles. The van der Waals surface area contributed by atoms with Gasteiger partial charge in [0, 0.05) is 149 Å². The predicted octanol–water partition coefficient (Wildman–Crippen LogP) is 3.66. The molecular weight excluding hydrogens is 913 g/mol. The lowest BCUT2D eigenvalue weighted by Crippen LogP contribution is -2.55. The van der Waals surface area contributed by atoms with Crippen LogP contribution in [-0.2, 0) is 35.8 Å². The average Bonchev–Trinajstić information content (AvgIpc) is 4.14. The van der Waals surface area contributed by atoms with Crippen LogP contribution in [0.5, 0.6) is 11.5 Å². The topological polar surface area (TPSA) is 157 Å². The minimum Gasteiger partial charge on any atom is -0.496 e. The van der Waals surface area contributed by atoms with Crippen molar-refractivity contribution in [3.8, 4) is 11.5 Å². The summed E-state index contributed by atoms with van der Waals surface area (Å²) in [6.45, 7) is 11.7. The van der Waals surface area contributed by atoms with Crippen molar-refractivity contribution < 1.29 is 29.3 Å². The number of likely N-dealkylation sites (N-methyl/N-ethyl adjacent to an activating group) is 2. The molecule has 4 saturated heterocycles. The molecule has 2 amide bonds. The van der Waals surface area contributed by atoms with E-state index in [1.54, 1.807) is 14.2 Å². The Morgan fingerprint density at radius 1 is 0.569 bits per heavy atom. The largest absolute Gasteiger partial charge is 0.496 e. The number of nitrogens with zero attached hydrogens (tertiary/aromatic N) is 8. The Balaban J connectivity index is 0.000000178. The summed E-state index contributed by atoms with van der Waals surface area (Å²) in [6.07, 6.45) is 7.41. The maximum atomic E-state index is 14.0. The highest BCUT2D eigenvalue weighted by molar-refractivity contribution is 5.84. The molecule has 2 aromatic carbocycles. The Morgan fingerprint density at radius 2 is 0.944 bits per heavy atom. The number of hydrogen-bond acceptors (Lipinski definition) is 12. The first-order chi connectivity index (χ1) is 35.0. The van der Waals surface area contributed by atoms with E-state index >= 15 is 0 Å². The molecule has 0 spiro atoms. The van der Waals surface area contributed by atoms with Gasteiger partial charge in [0.05, 0.1) is 38.4 Å². The normalized spacial score (nSPS) is 26.4. The standard InChI is InChI=1S/2C28H36N4O4/c2*1-4-7-19-10-11-23-25-21(17-31(23)27(19)34)22(18-33)26(28(35)30-14-12-29(2)13-15-30)32(25)16-20-8-5-6-9-24(20)36-3/h2*4-11,21-22,25-26,33H,12-18H2,1-3H3/b7-4+;7-4-/t2*21-,22-,25+,26-/m11/s1. The summed E-state index contributed by atoms with van der Waals surface area (Å²) >= 11 is 0. The van der Waals surface area contributed by atoms with Gasteiger partial charge < -0.3 is 48.4 Å². The van der Waals surface area contributed by atoms with Crippen molar-refractivity contribution in [2.45, 2.75) is 64.2 Å². The van der Waals surface area contributed by atoms with Crippen LogP contribution in [0.25, 0.3) is 12.2 Å². The van der Waals surface area contributed by atoms with Crippen LogP contribution >= 0.6 is 0 Å². The van der Waals surface area contributed by atoms with E-state index in [1.807, 2.05) is 130 Å². The number of ether oxygens (including phenoxy) is 2. The number of allylic oxidation sites excluding steroid dienone is 2. The zero-order valence-electron chi connectivity index (χ0n) is 42.7. The van der Waals surface area contributed by atoms with E-state index in [0.717, 1.165) is 60.2 Å². The number of benzene rings is 2. The van der Waals surface area contributed by atoms with Crippen molar-refractivity contribution in [1.82, 2.24) is 38.5 Å². The molecule has 0 saturated carbocycles. The third-order valence-corrected chi connectivity index (χ3v) is 16.4. The highest BCUT2D eigenvalue weighted by Crippen LogP contribution is 2.52. The summed E-state index contributed by atoms with van der Waals surface area (Å²) in [6, 6.07) is 22.3. The molecule has 2 N–H and O–H groups in total. The number of aliphatic hydroxyl groups excluding tert-OH is 2. The third kappa shape index (κ3) is 9.48. The molecule has 2 aromatic heterocycles. The van der Waals surface area contributed by atoms with Crippen LogP contribution in [0.2, 0.25) is 0 Å². The van der Waals surface area contributed by atoms with Gasteiger partial charge in [-0.05, 0) is 64.3 Å². The fourth-order valence-electron chi connectivity index (χ4n) is 12.7. The Labute approximate surface area is 422 Å². The molecule has 4 fully saturated rings.